The first-order valence-corrected chi connectivity index (χ1v) is 9.76. The van der Waals surface area contributed by atoms with E-state index in [2.05, 4.69) is 19.9 Å². The molecule has 0 aliphatic rings. The van der Waals surface area contributed by atoms with Crippen molar-refractivity contribution in [2.45, 2.75) is 6.54 Å². The van der Waals surface area contributed by atoms with E-state index in [9.17, 15) is 14.9 Å². The Bertz CT molecular complexity index is 1240. The summed E-state index contributed by atoms with van der Waals surface area (Å²) in [5, 5.41) is 19.0. The van der Waals surface area contributed by atoms with Gasteiger partial charge in [0.25, 0.3) is 11.6 Å². The maximum atomic E-state index is 12.6. The highest BCUT2D eigenvalue weighted by atomic mass is 16.6. The number of aromatic nitrogens is 3. The molecule has 0 bridgehead atoms. The number of amides is 1. The molecular weight excluding hydrogens is 396 g/mol. The number of nitrogens with one attached hydrogen (secondary N) is 1. The number of rotatable bonds is 7. The Morgan fingerprint density at radius 2 is 1.87 bits per heavy atom. The molecule has 4 aromatic rings. The van der Waals surface area contributed by atoms with E-state index in [0.717, 1.165) is 24.0 Å². The predicted molar refractivity (Wildman–Crippen MR) is 119 cm³/mol. The molecule has 2 aromatic heterocycles. The van der Waals surface area contributed by atoms with Crippen molar-refractivity contribution in [2.75, 3.05) is 26.0 Å². The van der Waals surface area contributed by atoms with Crippen molar-refractivity contribution in [3.63, 3.8) is 0 Å². The fourth-order valence-electron chi connectivity index (χ4n) is 3.29. The van der Waals surface area contributed by atoms with Crippen LogP contribution in [0.4, 0.5) is 11.4 Å². The van der Waals surface area contributed by atoms with Gasteiger partial charge in [0.05, 0.1) is 10.6 Å². The van der Waals surface area contributed by atoms with Crippen LogP contribution < -0.4 is 5.32 Å². The van der Waals surface area contributed by atoms with Crippen LogP contribution in [-0.2, 0) is 6.54 Å². The molecule has 2 aromatic carbocycles. The van der Waals surface area contributed by atoms with Crippen LogP contribution in [0, 0.1) is 10.1 Å². The van der Waals surface area contributed by atoms with E-state index >= 15 is 0 Å². The fraction of sp³-hybridized carbons (Fsp3) is 0.182. The third-order valence-electron chi connectivity index (χ3n) is 4.96. The van der Waals surface area contributed by atoms with Crippen molar-refractivity contribution in [3.8, 4) is 5.69 Å². The fourth-order valence-corrected chi connectivity index (χ4v) is 3.29. The molecule has 0 unspecified atom stereocenters. The Morgan fingerprint density at radius 3 is 2.58 bits per heavy atom. The number of non-ortho nitro benzene ring substituents is 1. The second-order valence-electron chi connectivity index (χ2n) is 7.46. The Labute approximate surface area is 178 Å². The van der Waals surface area contributed by atoms with Crippen LogP contribution in [0.3, 0.4) is 0 Å². The third-order valence-corrected chi connectivity index (χ3v) is 4.96. The molecule has 1 amide bonds. The lowest BCUT2D eigenvalue weighted by atomic mass is 10.2. The lowest BCUT2D eigenvalue weighted by Gasteiger charge is -2.11. The maximum Gasteiger partial charge on any atom is 0.276 e. The van der Waals surface area contributed by atoms with Crippen molar-refractivity contribution >= 4 is 28.2 Å². The summed E-state index contributed by atoms with van der Waals surface area (Å²) in [4.78, 5) is 25.1. The minimum Gasteiger partial charge on any atom is -0.346 e. The number of hydrogen-bond donors (Lipinski definition) is 1. The molecule has 0 spiro atoms. The highest BCUT2D eigenvalue weighted by Crippen LogP contribution is 2.21. The lowest BCUT2D eigenvalue weighted by Crippen LogP contribution is -2.17. The zero-order valence-electron chi connectivity index (χ0n) is 17.2. The Kier molecular flexibility index (Phi) is 5.50. The van der Waals surface area contributed by atoms with Crippen LogP contribution in [0.2, 0.25) is 0 Å². The molecule has 0 aliphatic heterocycles. The molecule has 2 heterocycles. The molecule has 9 heteroatoms. The average molecular weight is 418 g/mol. The van der Waals surface area contributed by atoms with E-state index in [1.807, 2.05) is 44.6 Å². The third kappa shape index (κ3) is 4.46. The molecule has 9 nitrogen and oxygen atoms in total. The molecule has 4 rings (SSSR count). The Hall–Kier alpha value is -3.98. The van der Waals surface area contributed by atoms with Gasteiger partial charge < -0.3 is 14.8 Å². The number of likely N-dealkylation sites (N-methyl/N-ethyl adjacent to an activating group) is 1. The summed E-state index contributed by atoms with van der Waals surface area (Å²) in [6.07, 6.45) is 3.69. The minimum atomic E-state index is -0.459. The van der Waals surface area contributed by atoms with Gasteiger partial charge in [-0.05, 0) is 56.6 Å². The molecule has 0 aliphatic carbocycles. The predicted octanol–water partition coefficient (Wildman–Crippen LogP) is 3.55. The molecule has 31 heavy (non-hydrogen) atoms. The Morgan fingerprint density at radius 1 is 1.10 bits per heavy atom. The summed E-state index contributed by atoms with van der Waals surface area (Å²) in [6, 6.07) is 15.4. The van der Waals surface area contributed by atoms with Gasteiger partial charge in [-0.25, -0.2) is 4.68 Å². The van der Waals surface area contributed by atoms with Crippen molar-refractivity contribution < 1.29 is 9.72 Å². The molecule has 0 atom stereocenters. The zero-order chi connectivity index (χ0) is 22.0. The summed E-state index contributed by atoms with van der Waals surface area (Å²) in [5.74, 6) is -0.327. The summed E-state index contributed by atoms with van der Waals surface area (Å²) >= 11 is 0. The van der Waals surface area contributed by atoms with Gasteiger partial charge in [-0.3, -0.25) is 14.9 Å². The van der Waals surface area contributed by atoms with E-state index in [1.165, 1.54) is 16.8 Å². The molecular formula is C22H22N6O3. The number of carbonyl (C=O) groups excluding carboxylic acids is 1. The monoisotopic (exact) mass is 418 g/mol. The van der Waals surface area contributed by atoms with Gasteiger partial charge in [-0.2, -0.15) is 5.10 Å². The topological polar surface area (TPSA) is 98.2 Å². The smallest absolute Gasteiger partial charge is 0.276 e. The number of anilines is 1. The first kappa shape index (κ1) is 20.3. The molecule has 158 valence electrons. The standard InChI is InChI=1S/C22H22N6O3/c1-25(2)13-14-26-11-9-16-15-17(3-8-21(16)26)23-22(29)20-10-12-27(24-20)18-4-6-19(7-5-18)28(30)31/h3-12,15H,13-14H2,1-2H3,(H,23,29). The molecule has 0 fully saturated rings. The van der Waals surface area contributed by atoms with E-state index in [4.69, 9.17) is 0 Å². The van der Waals surface area contributed by atoms with E-state index in [-0.39, 0.29) is 17.3 Å². The summed E-state index contributed by atoms with van der Waals surface area (Å²) in [5.41, 5.74) is 2.68. The second kappa shape index (κ2) is 8.41. The lowest BCUT2D eigenvalue weighted by molar-refractivity contribution is -0.384. The summed E-state index contributed by atoms with van der Waals surface area (Å²) in [7, 11) is 4.09. The van der Waals surface area contributed by atoms with Crippen LogP contribution in [-0.4, -0.2) is 50.7 Å². The number of benzene rings is 2. The van der Waals surface area contributed by atoms with Gasteiger partial charge in [0, 0.05) is 54.2 Å². The van der Waals surface area contributed by atoms with Crippen LogP contribution in [0.25, 0.3) is 16.6 Å². The minimum absolute atomic E-state index is 0.000174. The van der Waals surface area contributed by atoms with Crippen LogP contribution in [0.1, 0.15) is 10.5 Å². The molecule has 0 radical (unpaired) electrons. The van der Waals surface area contributed by atoms with Gasteiger partial charge in [-0.1, -0.05) is 0 Å². The summed E-state index contributed by atoms with van der Waals surface area (Å²) < 4.78 is 3.69. The zero-order valence-corrected chi connectivity index (χ0v) is 17.2. The summed E-state index contributed by atoms with van der Waals surface area (Å²) in [6.45, 7) is 1.84. The van der Waals surface area contributed by atoms with Gasteiger partial charge in [0.15, 0.2) is 5.69 Å². The van der Waals surface area contributed by atoms with Crippen LogP contribution in [0.5, 0.6) is 0 Å². The average Bonchev–Trinajstić information content (AvgIpc) is 3.39. The van der Waals surface area contributed by atoms with Crippen molar-refractivity contribution in [1.29, 1.82) is 0 Å². The first-order valence-electron chi connectivity index (χ1n) is 9.76. The number of nitro groups is 1. The van der Waals surface area contributed by atoms with Gasteiger partial charge in [0.2, 0.25) is 0 Å². The largest absolute Gasteiger partial charge is 0.346 e. The van der Waals surface area contributed by atoms with Gasteiger partial charge in [-0.15, -0.1) is 0 Å². The van der Waals surface area contributed by atoms with E-state index in [0.29, 0.717) is 11.4 Å². The van der Waals surface area contributed by atoms with Crippen molar-refractivity contribution in [1.82, 2.24) is 19.2 Å². The Balaban J connectivity index is 1.47. The normalized spacial score (nSPS) is 11.2. The SMILES string of the molecule is CN(C)CCn1ccc2cc(NC(=O)c3ccn(-c4ccc([N+](=O)[O-])cc4)n3)ccc21. The van der Waals surface area contributed by atoms with E-state index < -0.39 is 4.92 Å². The number of nitrogens with zero attached hydrogens (tertiary/aromatic N) is 5. The maximum absolute atomic E-state index is 12.6. The van der Waals surface area contributed by atoms with Crippen molar-refractivity contribution in [2.24, 2.45) is 0 Å². The second-order valence-corrected chi connectivity index (χ2v) is 7.46. The van der Waals surface area contributed by atoms with Gasteiger partial charge in [0.1, 0.15) is 0 Å². The number of hydrogen-bond acceptors (Lipinski definition) is 5. The van der Waals surface area contributed by atoms with Crippen LogP contribution in [0.15, 0.2) is 67.0 Å². The number of nitro benzene ring substituents is 1. The number of carbonyl (C=O) groups is 1. The highest BCUT2D eigenvalue weighted by molar-refractivity contribution is 6.03. The quantitative estimate of drug-likeness (QED) is 0.366. The van der Waals surface area contributed by atoms with Gasteiger partial charge >= 0.3 is 0 Å². The van der Waals surface area contributed by atoms with E-state index in [1.54, 1.807) is 24.4 Å². The number of fused-ring (bicyclic) bond motifs is 1. The first-order chi connectivity index (χ1) is 14.9. The molecule has 0 saturated carbocycles. The van der Waals surface area contributed by atoms with Crippen molar-refractivity contribution in [3.05, 3.63) is 82.8 Å². The highest BCUT2D eigenvalue weighted by Gasteiger charge is 2.12. The molecule has 1 N–H and O–H groups in total. The van der Waals surface area contributed by atoms with Crippen LogP contribution >= 0.6 is 0 Å². The molecule has 0 saturated heterocycles.